The third-order valence-corrected chi connectivity index (χ3v) is 2.11. The Hall–Kier alpha value is -0.200. The molecule has 5 heteroatoms. The van der Waals surface area contributed by atoms with Gasteiger partial charge < -0.3 is 24.1 Å². The van der Waals surface area contributed by atoms with Crippen LogP contribution in [0.4, 0.5) is 0 Å². The summed E-state index contributed by atoms with van der Waals surface area (Å²) < 4.78 is 20.3. The van der Waals surface area contributed by atoms with E-state index < -0.39 is 0 Å². The van der Waals surface area contributed by atoms with Gasteiger partial charge in [0.25, 0.3) is 0 Å². The predicted molar refractivity (Wildman–Crippen MR) is 81.2 cm³/mol. The molecule has 1 N–H and O–H groups in total. The lowest BCUT2D eigenvalue weighted by Gasteiger charge is -2.07. The van der Waals surface area contributed by atoms with Gasteiger partial charge in [-0.3, -0.25) is 0 Å². The lowest BCUT2D eigenvalue weighted by atomic mass is 10.4. The first kappa shape index (κ1) is 22.1. The molecule has 0 heterocycles. The Morgan fingerprint density at radius 2 is 1.55 bits per heavy atom. The Morgan fingerprint density at radius 1 is 0.900 bits per heavy atom. The molecule has 0 bridgehead atoms. The third-order valence-electron chi connectivity index (χ3n) is 2.11. The molecule has 0 aliphatic carbocycles. The number of ether oxygens (including phenoxy) is 4. The average Bonchev–Trinajstić information content (AvgIpc) is 2.39. The van der Waals surface area contributed by atoms with Crippen LogP contribution in [-0.2, 0) is 18.9 Å². The molecule has 0 aromatic rings. The monoisotopic (exact) mass is 294 g/mol. The first-order chi connectivity index (χ1) is 9.54. The van der Waals surface area contributed by atoms with Gasteiger partial charge in [-0.05, 0) is 27.2 Å². The number of aliphatic hydroxyl groups is 1. The summed E-state index contributed by atoms with van der Waals surface area (Å²) in [6, 6.07) is 0. The van der Waals surface area contributed by atoms with Crippen molar-refractivity contribution < 1.29 is 24.1 Å². The molecule has 0 fully saturated rings. The van der Waals surface area contributed by atoms with E-state index >= 15 is 0 Å². The van der Waals surface area contributed by atoms with E-state index in [9.17, 15) is 0 Å². The van der Waals surface area contributed by atoms with Crippen molar-refractivity contribution in [1.82, 2.24) is 0 Å². The van der Waals surface area contributed by atoms with Gasteiger partial charge in [0, 0.05) is 13.7 Å². The standard InChI is InChI=1S/C8H18O3.C7H16O2/c1-8(2)11-7-6-10-5-4-9-3;1-3-4-5-9-6-7(2)8/h8H,4-7H2,1-3H3;7-8H,3-6H2,1-2H3. The minimum absolute atomic E-state index is 0.293. The number of aliphatic hydroxyl groups excluding tert-OH is 1. The molecule has 0 aromatic carbocycles. The Morgan fingerprint density at radius 3 is 2.05 bits per heavy atom. The van der Waals surface area contributed by atoms with Crippen LogP contribution in [0, 0.1) is 0 Å². The average molecular weight is 294 g/mol. The second-order valence-electron chi connectivity index (χ2n) is 4.80. The van der Waals surface area contributed by atoms with E-state index in [4.69, 9.17) is 24.1 Å². The van der Waals surface area contributed by atoms with Crippen molar-refractivity contribution in [2.75, 3.05) is 46.8 Å². The van der Waals surface area contributed by atoms with Crippen LogP contribution in [0.15, 0.2) is 0 Å². The molecule has 0 amide bonds. The van der Waals surface area contributed by atoms with Crippen LogP contribution in [0.25, 0.3) is 0 Å². The Bertz CT molecular complexity index is 162. The topological polar surface area (TPSA) is 57.2 Å². The lowest BCUT2D eigenvalue weighted by Crippen LogP contribution is -2.11. The lowest BCUT2D eigenvalue weighted by molar-refractivity contribution is 0.00514. The molecule has 5 nitrogen and oxygen atoms in total. The maximum atomic E-state index is 8.73. The third kappa shape index (κ3) is 26.4. The van der Waals surface area contributed by atoms with Crippen molar-refractivity contribution in [1.29, 1.82) is 0 Å². The molecular weight excluding hydrogens is 260 g/mol. The van der Waals surface area contributed by atoms with Gasteiger partial charge in [-0.25, -0.2) is 0 Å². The molecular formula is C15H34O5. The molecule has 0 rings (SSSR count). The maximum Gasteiger partial charge on any atom is 0.0745 e. The second kappa shape index (κ2) is 18.8. The number of unbranched alkanes of at least 4 members (excludes halogenated alkanes) is 1. The molecule has 0 radical (unpaired) electrons. The quantitative estimate of drug-likeness (QED) is 0.560. The van der Waals surface area contributed by atoms with Gasteiger partial charge in [0.15, 0.2) is 0 Å². The van der Waals surface area contributed by atoms with E-state index in [0.29, 0.717) is 39.1 Å². The Kier molecular flexibility index (Phi) is 20.8. The highest BCUT2D eigenvalue weighted by Gasteiger charge is 1.93. The zero-order chi connectivity index (χ0) is 15.6. The van der Waals surface area contributed by atoms with Crippen molar-refractivity contribution in [3.05, 3.63) is 0 Å². The number of rotatable bonds is 12. The van der Waals surface area contributed by atoms with Crippen molar-refractivity contribution in [2.45, 2.75) is 52.7 Å². The van der Waals surface area contributed by atoms with E-state index in [0.717, 1.165) is 19.4 Å². The molecule has 1 atom stereocenters. The normalized spacial score (nSPS) is 12.2. The summed E-state index contributed by atoms with van der Waals surface area (Å²) in [7, 11) is 1.66. The highest BCUT2D eigenvalue weighted by Crippen LogP contribution is 1.89. The van der Waals surface area contributed by atoms with E-state index in [1.54, 1.807) is 14.0 Å². The van der Waals surface area contributed by atoms with Crippen LogP contribution >= 0.6 is 0 Å². The van der Waals surface area contributed by atoms with E-state index in [1.165, 1.54) is 0 Å². The molecule has 124 valence electrons. The zero-order valence-electron chi connectivity index (χ0n) is 13.9. The van der Waals surface area contributed by atoms with Gasteiger partial charge in [-0.2, -0.15) is 0 Å². The molecule has 20 heavy (non-hydrogen) atoms. The van der Waals surface area contributed by atoms with Gasteiger partial charge in [0.1, 0.15) is 0 Å². The number of hydrogen-bond acceptors (Lipinski definition) is 5. The minimum atomic E-state index is -0.318. The zero-order valence-corrected chi connectivity index (χ0v) is 13.9. The largest absolute Gasteiger partial charge is 0.391 e. The highest BCUT2D eigenvalue weighted by atomic mass is 16.5. The van der Waals surface area contributed by atoms with Crippen LogP contribution in [-0.4, -0.2) is 64.1 Å². The van der Waals surface area contributed by atoms with Crippen LogP contribution in [0.1, 0.15) is 40.5 Å². The van der Waals surface area contributed by atoms with Crippen molar-refractivity contribution >= 4 is 0 Å². The fourth-order valence-electron chi connectivity index (χ4n) is 1.09. The van der Waals surface area contributed by atoms with Gasteiger partial charge in [0.05, 0.1) is 45.2 Å². The molecule has 0 aliphatic heterocycles. The summed E-state index contributed by atoms with van der Waals surface area (Å²) in [6.07, 6.45) is 2.22. The van der Waals surface area contributed by atoms with Crippen molar-refractivity contribution in [3.63, 3.8) is 0 Å². The summed E-state index contributed by atoms with van der Waals surface area (Å²) in [5.41, 5.74) is 0. The first-order valence-electron chi connectivity index (χ1n) is 7.48. The summed E-state index contributed by atoms with van der Waals surface area (Å²) >= 11 is 0. The van der Waals surface area contributed by atoms with Gasteiger partial charge >= 0.3 is 0 Å². The van der Waals surface area contributed by atoms with Crippen molar-refractivity contribution in [3.8, 4) is 0 Å². The van der Waals surface area contributed by atoms with Crippen LogP contribution < -0.4 is 0 Å². The maximum absolute atomic E-state index is 8.73. The predicted octanol–water partition coefficient (Wildman–Crippen LogP) is 2.26. The SMILES string of the molecule is CCCCOCC(C)O.COCCOCCOC(C)C. The molecule has 1 unspecified atom stereocenters. The van der Waals surface area contributed by atoms with E-state index in [2.05, 4.69) is 6.92 Å². The van der Waals surface area contributed by atoms with Crippen LogP contribution in [0.3, 0.4) is 0 Å². The first-order valence-corrected chi connectivity index (χ1v) is 7.48. The number of methoxy groups -OCH3 is 1. The Labute approximate surface area is 124 Å². The number of hydrogen-bond donors (Lipinski definition) is 1. The molecule has 0 aromatic heterocycles. The summed E-state index contributed by atoms with van der Waals surface area (Å²) in [4.78, 5) is 0. The molecule has 0 saturated heterocycles. The fourth-order valence-corrected chi connectivity index (χ4v) is 1.09. The van der Waals surface area contributed by atoms with E-state index in [1.807, 2.05) is 13.8 Å². The molecule has 0 aliphatic rings. The van der Waals surface area contributed by atoms with Gasteiger partial charge in [-0.15, -0.1) is 0 Å². The molecule has 0 saturated carbocycles. The smallest absolute Gasteiger partial charge is 0.0745 e. The highest BCUT2D eigenvalue weighted by molar-refractivity contribution is 4.41. The van der Waals surface area contributed by atoms with E-state index in [-0.39, 0.29) is 6.10 Å². The van der Waals surface area contributed by atoms with Gasteiger partial charge in [0.2, 0.25) is 0 Å². The Balaban J connectivity index is 0. The van der Waals surface area contributed by atoms with Crippen LogP contribution in [0.5, 0.6) is 0 Å². The fraction of sp³-hybridized carbons (Fsp3) is 1.00. The minimum Gasteiger partial charge on any atom is -0.391 e. The summed E-state index contributed by atoms with van der Waals surface area (Å²) in [5, 5.41) is 8.73. The van der Waals surface area contributed by atoms with Crippen LogP contribution in [0.2, 0.25) is 0 Å². The van der Waals surface area contributed by atoms with Gasteiger partial charge in [-0.1, -0.05) is 13.3 Å². The second-order valence-corrected chi connectivity index (χ2v) is 4.80. The van der Waals surface area contributed by atoms with Crippen molar-refractivity contribution in [2.24, 2.45) is 0 Å². The summed E-state index contributed by atoms with van der Waals surface area (Å²) in [5.74, 6) is 0. The summed E-state index contributed by atoms with van der Waals surface area (Å²) in [6.45, 7) is 11.7. The molecule has 0 spiro atoms.